The molecule has 5 aromatic rings. The van der Waals surface area contributed by atoms with Crippen molar-refractivity contribution in [3.8, 4) is 22.8 Å². The molecule has 3 aliphatic heterocycles. The van der Waals surface area contributed by atoms with Crippen molar-refractivity contribution in [2.75, 3.05) is 39.5 Å². The number of imide groups is 2. The van der Waals surface area contributed by atoms with Crippen molar-refractivity contribution >= 4 is 45.4 Å². The standard InChI is InChI=1S/C43H41F3N6O8/c44-43(45,46)34-15-25(24-3-5-30-33-21-47-10-9-35(33)49-36(30)16-24)20-48-40(34)60-28-17-27(18-28)58-14-2-13-57-12-1-11-51-22-29(23-51)59-26-4-6-31-32(19-26)42(56)52(41(31)55)37-7-8-38(53)50-39(37)54/h3-6,9-10,15-16,19-21,27-29,37,49H,1-2,7-8,11-14,17-18,22-23H2,(H,50,53,54). The van der Waals surface area contributed by atoms with Gasteiger partial charge in [-0.25, -0.2) is 4.98 Å². The SMILES string of the molecule is O=C1CCC(N2C(=O)c3ccc(OC4CN(CCCOCCCOC5CC(Oc6ncc(-c7ccc8c(c7)[nH]c7ccncc78)cc6C(F)(F)F)C5)C4)cc3C2=O)C(=O)N1. The van der Waals surface area contributed by atoms with Crippen LogP contribution in [-0.2, 0) is 25.2 Å². The number of halogens is 3. The van der Waals surface area contributed by atoms with Gasteiger partial charge >= 0.3 is 6.18 Å². The van der Waals surface area contributed by atoms with E-state index in [1.54, 1.807) is 24.5 Å². The Kier molecular flexibility index (Phi) is 10.7. The van der Waals surface area contributed by atoms with Crippen LogP contribution < -0.4 is 14.8 Å². The summed E-state index contributed by atoms with van der Waals surface area (Å²) >= 11 is 0. The maximum atomic E-state index is 14.2. The van der Waals surface area contributed by atoms with Gasteiger partial charge in [0.05, 0.1) is 17.2 Å². The van der Waals surface area contributed by atoms with Gasteiger partial charge in [-0.05, 0) is 61.2 Å². The summed E-state index contributed by atoms with van der Waals surface area (Å²) < 4.78 is 65.9. The van der Waals surface area contributed by atoms with Crippen LogP contribution in [0.25, 0.3) is 32.9 Å². The monoisotopic (exact) mass is 826 g/mol. The molecule has 1 aliphatic carbocycles. The van der Waals surface area contributed by atoms with Gasteiger partial charge < -0.3 is 23.9 Å². The van der Waals surface area contributed by atoms with Crippen LogP contribution in [0.1, 0.15) is 64.8 Å². The number of fused-ring (bicyclic) bond motifs is 4. The van der Waals surface area contributed by atoms with E-state index in [0.717, 1.165) is 45.7 Å². The Balaban J connectivity index is 0.646. The van der Waals surface area contributed by atoms with E-state index in [1.165, 1.54) is 18.3 Å². The highest BCUT2D eigenvalue weighted by Gasteiger charge is 2.45. The molecular weight excluding hydrogens is 786 g/mol. The number of rotatable bonds is 15. The van der Waals surface area contributed by atoms with Crippen LogP contribution in [0, 0.1) is 0 Å². The maximum absolute atomic E-state index is 14.2. The molecule has 2 aromatic carbocycles. The molecule has 2 saturated heterocycles. The second-order valence-corrected chi connectivity index (χ2v) is 15.6. The number of nitrogens with zero attached hydrogens (tertiary/aromatic N) is 4. The number of aromatic nitrogens is 3. The number of carbonyl (C=O) groups excluding carboxylic acids is 4. The Labute approximate surface area is 341 Å². The van der Waals surface area contributed by atoms with Gasteiger partial charge in [0.25, 0.3) is 11.8 Å². The minimum atomic E-state index is -4.65. The van der Waals surface area contributed by atoms with E-state index >= 15 is 0 Å². The van der Waals surface area contributed by atoms with E-state index in [4.69, 9.17) is 18.9 Å². The number of aromatic amines is 1. The molecule has 14 nitrogen and oxygen atoms in total. The van der Waals surface area contributed by atoms with Crippen LogP contribution in [0.3, 0.4) is 0 Å². The van der Waals surface area contributed by atoms with Crippen LogP contribution in [-0.4, -0.2) is 112 Å². The van der Waals surface area contributed by atoms with Gasteiger partial charge in [0.2, 0.25) is 17.7 Å². The normalized spacial score (nSPS) is 21.0. The van der Waals surface area contributed by atoms with E-state index in [1.807, 2.05) is 18.2 Å². The quantitative estimate of drug-likeness (QED) is 0.0985. The molecule has 1 atom stereocenters. The van der Waals surface area contributed by atoms with Crippen molar-refractivity contribution in [2.24, 2.45) is 0 Å². The van der Waals surface area contributed by atoms with Gasteiger partial charge in [0.15, 0.2) is 0 Å². The third-order valence-electron chi connectivity index (χ3n) is 11.4. The zero-order chi connectivity index (χ0) is 41.5. The summed E-state index contributed by atoms with van der Waals surface area (Å²) in [5, 5.41) is 4.06. The highest BCUT2D eigenvalue weighted by Crippen LogP contribution is 2.40. The molecule has 3 aromatic heterocycles. The molecule has 4 amide bonds. The molecule has 0 spiro atoms. The fourth-order valence-corrected chi connectivity index (χ4v) is 8.14. The lowest BCUT2D eigenvalue weighted by molar-refractivity contribution is -0.141. The molecule has 6 heterocycles. The van der Waals surface area contributed by atoms with Gasteiger partial charge in [0.1, 0.15) is 29.6 Å². The summed E-state index contributed by atoms with van der Waals surface area (Å²) in [4.78, 5) is 64.6. The van der Waals surface area contributed by atoms with Gasteiger partial charge in [-0.3, -0.25) is 39.3 Å². The van der Waals surface area contributed by atoms with Crippen LogP contribution in [0.15, 0.2) is 67.1 Å². The Morgan fingerprint density at radius 1 is 0.783 bits per heavy atom. The molecule has 0 bridgehead atoms. The average molecular weight is 827 g/mol. The average Bonchev–Trinajstić information content (AvgIpc) is 3.69. The van der Waals surface area contributed by atoms with Crippen molar-refractivity contribution in [2.45, 2.75) is 69.1 Å². The van der Waals surface area contributed by atoms with Gasteiger partial charge in [-0.15, -0.1) is 0 Å². The molecule has 1 saturated carbocycles. The Bertz CT molecular complexity index is 2480. The third kappa shape index (κ3) is 8.03. The second kappa shape index (κ2) is 16.3. The minimum absolute atomic E-state index is 0.0571. The predicted octanol–water partition coefficient (Wildman–Crippen LogP) is 5.68. The van der Waals surface area contributed by atoms with E-state index in [0.29, 0.717) is 69.0 Å². The molecule has 60 heavy (non-hydrogen) atoms. The summed E-state index contributed by atoms with van der Waals surface area (Å²) in [6.07, 6.45) is 2.21. The molecule has 0 radical (unpaired) electrons. The first-order chi connectivity index (χ1) is 29.0. The molecule has 17 heteroatoms. The number of carbonyl (C=O) groups is 4. The van der Waals surface area contributed by atoms with Crippen molar-refractivity contribution in [3.63, 3.8) is 0 Å². The fraction of sp³-hybridized carbons (Fsp3) is 0.395. The number of benzene rings is 2. The lowest BCUT2D eigenvalue weighted by atomic mass is 9.92. The first-order valence-corrected chi connectivity index (χ1v) is 20.0. The Morgan fingerprint density at radius 3 is 2.42 bits per heavy atom. The first-order valence-electron chi connectivity index (χ1n) is 20.0. The number of piperidine rings is 1. The highest BCUT2D eigenvalue weighted by atomic mass is 19.4. The lowest BCUT2D eigenvalue weighted by Crippen LogP contribution is -2.54. The number of H-pyrrole nitrogens is 1. The second-order valence-electron chi connectivity index (χ2n) is 15.6. The molecule has 3 fully saturated rings. The molecule has 4 aliphatic rings. The maximum Gasteiger partial charge on any atom is 0.421 e. The van der Waals surface area contributed by atoms with Crippen molar-refractivity contribution < 1.29 is 51.3 Å². The number of ether oxygens (including phenoxy) is 4. The van der Waals surface area contributed by atoms with E-state index in [9.17, 15) is 32.3 Å². The minimum Gasteiger partial charge on any atom is -0.488 e. The lowest BCUT2D eigenvalue weighted by Gasteiger charge is -2.39. The van der Waals surface area contributed by atoms with Crippen molar-refractivity contribution in [3.05, 3.63) is 83.8 Å². The van der Waals surface area contributed by atoms with Gasteiger partial charge in [0, 0.05) is 105 Å². The van der Waals surface area contributed by atoms with Crippen molar-refractivity contribution in [1.29, 1.82) is 0 Å². The van der Waals surface area contributed by atoms with Crippen LogP contribution in [0.5, 0.6) is 11.6 Å². The van der Waals surface area contributed by atoms with E-state index < -0.39 is 53.4 Å². The van der Waals surface area contributed by atoms with Crippen LogP contribution >= 0.6 is 0 Å². The summed E-state index contributed by atoms with van der Waals surface area (Å²) in [5.41, 5.74) is 2.10. The molecule has 1 unspecified atom stereocenters. The van der Waals surface area contributed by atoms with Gasteiger partial charge in [-0.2, -0.15) is 13.2 Å². The van der Waals surface area contributed by atoms with E-state index in [-0.39, 0.29) is 36.2 Å². The number of hydrogen-bond acceptors (Lipinski definition) is 11. The van der Waals surface area contributed by atoms with Crippen LogP contribution in [0.2, 0.25) is 0 Å². The first kappa shape index (κ1) is 39.5. The number of amides is 4. The van der Waals surface area contributed by atoms with Crippen molar-refractivity contribution in [1.82, 2.24) is 30.1 Å². The molecular formula is C43H41F3N6O8. The Hall–Kier alpha value is -5.91. The number of pyridine rings is 2. The summed E-state index contributed by atoms with van der Waals surface area (Å²) in [6, 6.07) is 12.1. The third-order valence-corrected chi connectivity index (χ3v) is 11.4. The number of alkyl halides is 3. The molecule has 312 valence electrons. The summed E-state index contributed by atoms with van der Waals surface area (Å²) in [7, 11) is 0. The largest absolute Gasteiger partial charge is 0.488 e. The predicted molar refractivity (Wildman–Crippen MR) is 209 cm³/mol. The zero-order valence-corrected chi connectivity index (χ0v) is 32.3. The molecule has 9 rings (SSSR count). The topological polar surface area (TPSA) is 165 Å². The zero-order valence-electron chi connectivity index (χ0n) is 32.3. The number of likely N-dealkylation sites (tertiary alicyclic amines) is 1. The highest BCUT2D eigenvalue weighted by molar-refractivity contribution is 6.23. The number of hydrogen-bond donors (Lipinski definition) is 2. The smallest absolute Gasteiger partial charge is 0.421 e. The fourth-order valence-electron chi connectivity index (χ4n) is 8.14. The van der Waals surface area contributed by atoms with Gasteiger partial charge in [-0.1, -0.05) is 12.1 Å². The number of nitrogens with one attached hydrogen (secondary N) is 2. The Morgan fingerprint density at radius 2 is 1.60 bits per heavy atom. The summed E-state index contributed by atoms with van der Waals surface area (Å²) in [6.45, 7) is 3.80. The van der Waals surface area contributed by atoms with E-state index in [2.05, 4.69) is 25.2 Å². The van der Waals surface area contributed by atoms with Crippen LogP contribution in [0.4, 0.5) is 13.2 Å². The molecule has 2 N–H and O–H groups in total. The summed E-state index contributed by atoms with van der Waals surface area (Å²) in [5.74, 6) is -2.17.